The minimum absolute atomic E-state index is 0.202. The number of para-hydroxylation sites is 1. The van der Waals surface area contributed by atoms with Gasteiger partial charge in [0.15, 0.2) is 0 Å². The van der Waals surface area contributed by atoms with Gasteiger partial charge < -0.3 is 4.74 Å². The standard InChI is InChI=1S/C15H21ClN2O2/c1-3-17-10-6-7-12(17)11-18(16)15(19)13-8-4-5-9-14(13)20-2/h4-5,8-9,12H,3,6-7,10-11H2,1-2H3. The van der Waals surface area contributed by atoms with E-state index in [0.717, 1.165) is 19.5 Å². The topological polar surface area (TPSA) is 32.8 Å². The van der Waals surface area contributed by atoms with Gasteiger partial charge in [0, 0.05) is 17.8 Å². The average Bonchev–Trinajstić information content (AvgIpc) is 2.93. The molecule has 1 aromatic carbocycles. The van der Waals surface area contributed by atoms with Crippen molar-refractivity contribution < 1.29 is 9.53 Å². The first-order chi connectivity index (χ1) is 9.67. The molecule has 1 aromatic rings. The highest BCUT2D eigenvalue weighted by Crippen LogP contribution is 2.23. The van der Waals surface area contributed by atoms with E-state index in [-0.39, 0.29) is 5.91 Å². The number of likely N-dealkylation sites (tertiary alicyclic amines) is 1. The lowest BCUT2D eigenvalue weighted by atomic mass is 10.1. The van der Waals surface area contributed by atoms with Crippen LogP contribution < -0.4 is 4.74 Å². The zero-order chi connectivity index (χ0) is 14.5. The zero-order valence-electron chi connectivity index (χ0n) is 12.0. The van der Waals surface area contributed by atoms with Crippen LogP contribution in [0.25, 0.3) is 0 Å². The van der Waals surface area contributed by atoms with E-state index in [9.17, 15) is 4.79 Å². The van der Waals surface area contributed by atoms with E-state index in [4.69, 9.17) is 16.5 Å². The van der Waals surface area contributed by atoms with Crippen LogP contribution in [0.4, 0.5) is 0 Å². The Morgan fingerprint density at radius 2 is 2.25 bits per heavy atom. The highest BCUT2D eigenvalue weighted by atomic mass is 35.5. The molecule has 1 aliphatic rings. The van der Waals surface area contributed by atoms with E-state index in [1.54, 1.807) is 19.2 Å². The lowest BCUT2D eigenvalue weighted by Crippen LogP contribution is -2.39. The van der Waals surface area contributed by atoms with Gasteiger partial charge in [-0.25, -0.2) is 4.42 Å². The van der Waals surface area contributed by atoms with Gasteiger partial charge in [-0.3, -0.25) is 9.69 Å². The van der Waals surface area contributed by atoms with Crippen molar-refractivity contribution in [3.63, 3.8) is 0 Å². The number of halogens is 1. The van der Waals surface area contributed by atoms with Crippen LogP contribution in [0.2, 0.25) is 0 Å². The van der Waals surface area contributed by atoms with Crippen LogP contribution in [0.3, 0.4) is 0 Å². The van der Waals surface area contributed by atoms with Crippen molar-refractivity contribution in [2.75, 3.05) is 26.7 Å². The summed E-state index contributed by atoms with van der Waals surface area (Å²) in [6.45, 7) is 4.78. The van der Waals surface area contributed by atoms with Crippen LogP contribution >= 0.6 is 11.8 Å². The molecule has 1 heterocycles. The molecule has 0 saturated carbocycles. The maximum Gasteiger partial charge on any atom is 0.272 e. The second-order valence-electron chi connectivity index (χ2n) is 4.97. The van der Waals surface area contributed by atoms with Crippen LogP contribution in [-0.4, -0.2) is 48.0 Å². The fourth-order valence-electron chi connectivity index (χ4n) is 2.74. The molecule has 1 amide bonds. The minimum atomic E-state index is -0.202. The van der Waals surface area contributed by atoms with Gasteiger partial charge in [0.25, 0.3) is 5.91 Å². The monoisotopic (exact) mass is 296 g/mol. The number of likely N-dealkylation sites (N-methyl/N-ethyl adjacent to an activating group) is 1. The minimum Gasteiger partial charge on any atom is -0.496 e. The summed E-state index contributed by atoms with van der Waals surface area (Å²) in [5, 5.41) is 0. The third-order valence-corrected chi connectivity index (χ3v) is 4.13. The van der Waals surface area contributed by atoms with Crippen LogP contribution in [0.15, 0.2) is 24.3 Å². The number of rotatable bonds is 5. The molecule has 0 aromatic heterocycles. The second kappa shape index (κ2) is 6.95. The number of ether oxygens (including phenoxy) is 1. The van der Waals surface area contributed by atoms with E-state index < -0.39 is 0 Å². The highest BCUT2D eigenvalue weighted by Gasteiger charge is 2.27. The van der Waals surface area contributed by atoms with Crippen LogP contribution in [0.5, 0.6) is 5.75 Å². The van der Waals surface area contributed by atoms with Gasteiger partial charge in [-0.2, -0.15) is 0 Å². The van der Waals surface area contributed by atoms with E-state index in [2.05, 4.69) is 11.8 Å². The Kier molecular flexibility index (Phi) is 5.26. The summed E-state index contributed by atoms with van der Waals surface area (Å²) < 4.78 is 6.50. The third kappa shape index (κ3) is 3.25. The van der Waals surface area contributed by atoms with Crippen LogP contribution in [0.1, 0.15) is 30.1 Å². The van der Waals surface area contributed by atoms with Gasteiger partial charge in [0.2, 0.25) is 0 Å². The molecule has 20 heavy (non-hydrogen) atoms. The zero-order valence-corrected chi connectivity index (χ0v) is 12.8. The van der Waals surface area contributed by atoms with Gasteiger partial charge in [-0.15, -0.1) is 0 Å². The number of nitrogens with zero attached hydrogens (tertiary/aromatic N) is 2. The molecular formula is C15H21ClN2O2. The molecular weight excluding hydrogens is 276 g/mol. The summed E-state index contributed by atoms with van der Waals surface area (Å²) >= 11 is 6.20. The Morgan fingerprint density at radius 1 is 1.50 bits per heavy atom. The van der Waals surface area contributed by atoms with E-state index in [1.165, 1.54) is 10.8 Å². The molecule has 0 radical (unpaired) electrons. The first kappa shape index (κ1) is 15.1. The first-order valence-electron chi connectivity index (χ1n) is 7.02. The molecule has 0 aliphatic carbocycles. The van der Waals surface area contributed by atoms with Crippen molar-refractivity contribution in [2.24, 2.45) is 0 Å². The second-order valence-corrected chi connectivity index (χ2v) is 5.38. The number of hydrogen-bond donors (Lipinski definition) is 0. The Morgan fingerprint density at radius 3 is 2.95 bits per heavy atom. The molecule has 1 saturated heterocycles. The maximum atomic E-state index is 12.4. The van der Waals surface area contributed by atoms with Crippen molar-refractivity contribution in [2.45, 2.75) is 25.8 Å². The average molecular weight is 297 g/mol. The largest absolute Gasteiger partial charge is 0.496 e. The molecule has 2 rings (SSSR count). The third-order valence-electron chi connectivity index (χ3n) is 3.83. The van der Waals surface area contributed by atoms with Crippen molar-refractivity contribution in [3.8, 4) is 5.75 Å². The number of hydrogen-bond acceptors (Lipinski definition) is 3. The number of amides is 1. The molecule has 110 valence electrons. The van der Waals surface area contributed by atoms with Gasteiger partial charge in [-0.1, -0.05) is 19.1 Å². The summed E-state index contributed by atoms with van der Waals surface area (Å²) in [7, 11) is 1.56. The van der Waals surface area contributed by atoms with Gasteiger partial charge >= 0.3 is 0 Å². The Bertz CT molecular complexity index is 467. The number of carbonyl (C=O) groups excluding carboxylic acids is 1. The van der Waals surface area contributed by atoms with Crippen molar-refractivity contribution >= 4 is 17.7 Å². The van der Waals surface area contributed by atoms with Gasteiger partial charge in [-0.05, 0) is 38.1 Å². The Balaban J connectivity index is 2.05. The normalized spacial score (nSPS) is 19.1. The number of carbonyl (C=O) groups is 1. The van der Waals surface area contributed by atoms with E-state index in [1.807, 2.05) is 12.1 Å². The molecule has 5 heteroatoms. The number of methoxy groups -OCH3 is 1. The van der Waals surface area contributed by atoms with E-state index >= 15 is 0 Å². The quantitative estimate of drug-likeness (QED) is 0.783. The molecule has 0 N–H and O–H groups in total. The fourth-order valence-corrected chi connectivity index (χ4v) is 2.99. The predicted octanol–water partition coefficient (Wildman–Crippen LogP) is 2.78. The van der Waals surface area contributed by atoms with Gasteiger partial charge in [0.05, 0.1) is 19.2 Å². The summed E-state index contributed by atoms with van der Waals surface area (Å²) in [6.07, 6.45) is 2.27. The summed E-state index contributed by atoms with van der Waals surface area (Å²) in [5.74, 6) is 0.356. The molecule has 0 spiro atoms. The SMILES string of the molecule is CCN1CCCC1CN(Cl)C(=O)c1ccccc1OC. The first-order valence-corrected chi connectivity index (χ1v) is 7.36. The molecule has 0 bridgehead atoms. The molecule has 1 atom stereocenters. The van der Waals surface area contributed by atoms with Crippen molar-refractivity contribution in [1.82, 2.24) is 9.32 Å². The predicted molar refractivity (Wildman–Crippen MR) is 80.2 cm³/mol. The molecule has 1 fully saturated rings. The van der Waals surface area contributed by atoms with Gasteiger partial charge in [0.1, 0.15) is 5.75 Å². The lowest BCUT2D eigenvalue weighted by molar-refractivity contribution is 0.0833. The summed E-state index contributed by atoms with van der Waals surface area (Å²) in [4.78, 5) is 14.8. The Hall–Kier alpha value is -1.26. The maximum absolute atomic E-state index is 12.4. The van der Waals surface area contributed by atoms with Crippen molar-refractivity contribution in [1.29, 1.82) is 0 Å². The fraction of sp³-hybridized carbons (Fsp3) is 0.533. The number of benzene rings is 1. The summed E-state index contributed by atoms with van der Waals surface area (Å²) in [5.41, 5.74) is 0.506. The molecule has 1 unspecified atom stereocenters. The molecule has 4 nitrogen and oxygen atoms in total. The van der Waals surface area contributed by atoms with Crippen molar-refractivity contribution in [3.05, 3.63) is 29.8 Å². The van der Waals surface area contributed by atoms with Crippen LogP contribution in [-0.2, 0) is 0 Å². The summed E-state index contributed by atoms with van der Waals surface area (Å²) in [6, 6.07) is 7.52. The lowest BCUT2D eigenvalue weighted by Gasteiger charge is -2.26. The van der Waals surface area contributed by atoms with Crippen LogP contribution in [0, 0.1) is 0 Å². The van der Waals surface area contributed by atoms with E-state index in [0.29, 0.717) is 23.9 Å². The Labute approximate surface area is 125 Å². The smallest absolute Gasteiger partial charge is 0.272 e. The highest BCUT2D eigenvalue weighted by molar-refractivity contribution is 6.24. The molecule has 1 aliphatic heterocycles.